The zero-order chi connectivity index (χ0) is 30.4. The van der Waals surface area contributed by atoms with E-state index in [1.807, 2.05) is 35.1 Å². The number of likely N-dealkylation sites (tertiary alicyclic amines) is 1. The molecular formula is C30H37ClFN3O7S. The molecule has 2 amide bonds. The second-order valence-corrected chi connectivity index (χ2v) is 13.4. The minimum Gasteiger partial charge on any atom is -0.492 e. The summed E-state index contributed by atoms with van der Waals surface area (Å²) in [6.45, 7) is 1.77. The van der Waals surface area contributed by atoms with E-state index in [2.05, 4.69) is 0 Å². The average molecular weight is 638 g/mol. The minimum absolute atomic E-state index is 0.0343. The van der Waals surface area contributed by atoms with Crippen LogP contribution in [0, 0.1) is 11.7 Å². The van der Waals surface area contributed by atoms with Crippen molar-refractivity contribution in [2.24, 2.45) is 5.92 Å². The molecule has 2 aromatic carbocycles. The molecular weight excluding hydrogens is 601 g/mol. The SMILES string of the molecule is O=C(NS(=O)(=O)N1CC[C@@H](OC2CCN(C(=O)OCc3ccccc3)CC2)C1)c1cc(Cl)c(OCC2CCCC2)cc1F. The highest BCUT2D eigenvalue weighted by Gasteiger charge is 2.36. The van der Waals surface area contributed by atoms with Crippen LogP contribution in [0.25, 0.3) is 0 Å². The van der Waals surface area contributed by atoms with Gasteiger partial charge in [0.15, 0.2) is 0 Å². The number of carbonyl (C=O) groups excluding carboxylic acids is 2. The average Bonchev–Trinajstić information content (AvgIpc) is 3.70. The first kappa shape index (κ1) is 31.5. The van der Waals surface area contributed by atoms with Crippen molar-refractivity contribution in [3.05, 3.63) is 64.4 Å². The Hall–Kier alpha value is -2.93. The van der Waals surface area contributed by atoms with Gasteiger partial charge < -0.3 is 19.1 Å². The zero-order valence-electron chi connectivity index (χ0n) is 23.9. The molecule has 0 aromatic heterocycles. The molecule has 13 heteroatoms. The summed E-state index contributed by atoms with van der Waals surface area (Å²) in [5.74, 6) is -1.52. The summed E-state index contributed by atoms with van der Waals surface area (Å²) in [6, 6.07) is 11.6. The number of benzene rings is 2. The summed E-state index contributed by atoms with van der Waals surface area (Å²) in [7, 11) is -4.25. The second kappa shape index (κ2) is 14.2. The van der Waals surface area contributed by atoms with Crippen LogP contribution in [0.1, 0.15) is 60.9 Å². The number of amides is 2. The number of hydrogen-bond donors (Lipinski definition) is 1. The van der Waals surface area contributed by atoms with E-state index in [0.717, 1.165) is 47.7 Å². The van der Waals surface area contributed by atoms with E-state index in [-0.39, 0.29) is 48.8 Å². The third kappa shape index (κ3) is 8.37. The molecule has 1 saturated carbocycles. The number of rotatable bonds is 10. The molecule has 0 spiro atoms. The topological polar surface area (TPSA) is 114 Å². The Morgan fingerprint density at radius 1 is 0.977 bits per heavy atom. The molecule has 2 saturated heterocycles. The standard InChI is InChI=1S/C30H37ClFN3O7S/c31-26-16-25(27(32)17-28(26)40-19-21-8-4-5-9-21)29(36)33-43(38,39)35-15-12-24(18-35)42-23-10-13-34(14-11-23)30(37)41-20-22-6-2-1-3-7-22/h1-3,6-7,16-17,21,23-24H,4-5,8-15,18-20H2,(H,33,36)/t24-/m1/s1. The molecule has 1 N–H and O–H groups in total. The molecule has 5 rings (SSSR count). The maximum atomic E-state index is 14.8. The van der Waals surface area contributed by atoms with E-state index >= 15 is 0 Å². The predicted molar refractivity (Wildman–Crippen MR) is 158 cm³/mol. The minimum atomic E-state index is -4.25. The Morgan fingerprint density at radius 2 is 1.67 bits per heavy atom. The molecule has 0 radical (unpaired) electrons. The Bertz CT molecular complexity index is 1380. The van der Waals surface area contributed by atoms with Gasteiger partial charge >= 0.3 is 16.3 Å². The maximum Gasteiger partial charge on any atom is 0.410 e. The van der Waals surface area contributed by atoms with Crippen LogP contribution in [0.5, 0.6) is 5.75 Å². The zero-order valence-corrected chi connectivity index (χ0v) is 25.5. The number of carbonyl (C=O) groups is 2. The van der Waals surface area contributed by atoms with Crippen molar-refractivity contribution in [1.82, 2.24) is 13.9 Å². The monoisotopic (exact) mass is 637 g/mol. The first-order valence-electron chi connectivity index (χ1n) is 14.7. The van der Waals surface area contributed by atoms with Crippen molar-refractivity contribution < 1.29 is 36.6 Å². The third-order valence-electron chi connectivity index (χ3n) is 8.18. The molecule has 10 nitrogen and oxygen atoms in total. The van der Waals surface area contributed by atoms with Gasteiger partial charge in [-0.3, -0.25) is 4.79 Å². The van der Waals surface area contributed by atoms with Gasteiger partial charge in [-0.1, -0.05) is 54.8 Å². The molecule has 3 fully saturated rings. The van der Waals surface area contributed by atoms with Gasteiger partial charge in [0.05, 0.1) is 29.4 Å². The van der Waals surface area contributed by atoms with E-state index in [0.29, 0.717) is 44.9 Å². The molecule has 1 atom stereocenters. The lowest BCUT2D eigenvalue weighted by atomic mass is 10.1. The number of ether oxygens (including phenoxy) is 3. The van der Waals surface area contributed by atoms with Gasteiger partial charge in [0.2, 0.25) is 0 Å². The normalized spacial score (nSPS) is 20.3. The van der Waals surface area contributed by atoms with Crippen molar-refractivity contribution in [2.45, 2.75) is 63.8 Å². The molecule has 0 unspecified atom stereocenters. The summed E-state index contributed by atoms with van der Waals surface area (Å²) in [5, 5.41) is 0.0343. The van der Waals surface area contributed by atoms with Gasteiger partial charge in [0.25, 0.3) is 5.91 Å². The van der Waals surface area contributed by atoms with E-state index in [1.54, 1.807) is 4.90 Å². The van der Waals surface area contributed by atoms with E-state index in [4.69, 9.17) is 25.8 Å². The molecule has 234 valence electrons. The van der Waals surface area contributed by atoms with Gasteiger partial charge in [-0.15, -0.1) is 0 Å². The molecule has 43 heavy (non-hydrogen) atoms. The van der Waals surface area contributed by atoms with Crippen molar-refractivity contribution in [3.63, 3.8) is 0 Å². The molecule has 0 bridgehead atoms. The van der Waals surface area contributed by atoms with Gasteiger partial charge in [0, 0.05) is 32.2 Å². The summed E-state index contributed by atoms with van der Waals surface area (Å²) >= 11 is 6.23. The van der Waals surface area contributed by atoms with Crippen LogP contribution in [0.4, 0.5) is 9.18 Å². The fourth-order valence-electron chi connectivity index (χ4n) is 5.72. The van der Waals surface area contributed by atoms with Crippen molar-refractivity contribution >= 4 is 33.8 Å². The molecule has 3 aliphatic rings. The fraction of sp³-hybridized carbons (Fsp3) is 0.533. The molecule has 2 aromatic rings. The first-order valence-corrected chi connectivity index (χ1v) is 16.5. The highest BCUT2D eigenvalue weighted by atomic mass is 35.5. The number of hydrogen-bond acceptors (Lipinski definition) is 7. The van der Waals surface area contributed by atoms with Crippen LogP contribution in [-0.2, 0) is 26.3 Å². The number of piperidine rings is 1. The van der Waals surface area contributed by atoms with Gasteiger partial charge in [0.1, 0.15) is 18.2 Å². The Morgan fingerprint density at radius 3 is 2.40 bits per heavy atom. The second-order valence-electron chi connectivity index (χ2n) is 11.3. The summed E-state index contributed by atoms with van der Waals surface area (Å²) in [6.07, 6.45) is 5.14. The highest BCUT2D eigenvalue weighted by molar-refractivity contribution is 7.87. The Labute approximate surface area is 256 Å². The van der Waals surface area contributed by atoms with Gasteiger partial charge in [-0.2, -0.15) is 12.7 Å². The van der Waals surface area contributed by atoms with E-state index in [1.165, 1.54) is 0 Å². The maximum absolute atomic E-state index is 14.8. The lowest BCUT2D eigenvalue weighted by Crippen LogP contribution is -2.44. The predicted octanol–water partition coefficient (Wildman–Crippen LogP) is 4.91. The van der Waals surface area contributed by atoms with Crippen LogP contribution < -0.4 is 9.46 Å². The van der Waals surface area contributed by atoms with Gasteiger partial charge in [-0.25, -0.2) is 13.9 Å². The van der Waals surface area contributed by atoms with Crippen LogP contribution in [0.15, 0.2) is 42.5 Å². The Kier molecular flexibility index (Phi) is 10.4. The number of nitrogens with one attached hydrogen (secondary N) is 1. The van der Waals surface area contributed by atoms with Crippen LogP contribution in [0.3, 0.4) is 0 Å². The smallest absolute Gasteiger partial charge is 0.410 e. The molecule has 2 aliphatic heterocycles. The van der Waals surface area contributed by atoms with E-state index in [9.17, 15) is 22.4 Å². The van der Waals surface area contributed by atoms with Crippen molar-refractivity contribution in [3.8, 4) is 5.75 Å². The third-order valence-corrected chi connectivity index (χ3v) is 9.93. The number of halogens is 2. The lowest BCUT2D eigenvalue weighted by Gasteiger charge is -2.32. The first-order chi connectivity index (χ1) is 20.7. The molecule has 2 heterocycles. The largest absolute Gasteiger partial charge is 0.492 e. The summed E-state index contributed by atoms with van der Waals surface area (Å²) in [4.78, 5) is 26.8. The van der Waals surface area contributed by atoms with E-state index < -0.39 is 27.5 Å². The lowest BCUT2D eigenvalue weighted by molar-refractivity contribution is -0.0348. The van der Waals surface area contributed by atoms with Crippen LogP contribution in [0.2, 0.25) is 5.02 Å². The van der Waals surface area contributed by atoms with Crippen LogP contribution in [-0.4, -0.2) is 74.6 Å². The summed E-state index contributed by atoms with van der Waals surface area (Å²) in [5.41, 5.74) is 0.431. The van der Waals surface area contributed by atoms with Gasteiger partial charge in [-0.05, 0) is 49.7 Å². The highest BCUT2D eigenvalue weighted by Crippen LogP contribution is 2.31. The van der Waals surface area contributed by atoms with Crippen molar-refractivity contribution in [1.29, 1.82) is 0 Å². The van der Waals surface area contributed by atoms with Crippen molar-refractivity contribution in [2.75, 3.05) is 32.8 Å². The molecule has 1 aliphatic carbocycles. The Balaban J connectivity index is 1.06. The van der Waals surface area contributed by atoms with Crippen LogP contribution >= 0.6 is 11.6 Å². The quantitative estimate of drug-likeness (QED) is 0.394. The number of nitrogens with zero attached hydrogens (tertiary/aromatic N) is 2. The summed E-state index contributed by atoms with van der Waals surface area (Å²) < 4.78 is 61.0. The fourth-order valence-corrected chi connectivity index (χ4v) is 7.12.